The van der Waals surface area contributed by atoms with E-state index in [4.69, 9.17) is 11.5 Å². The molecule has 0 spiro atoms. The van der Waals surface area contributed by atoms with Gasteiger partial charge >= 0.3 is 0 Å². The number of nitrogens with zero attached hydrogens (tertiary/aromatic N) is 1. The second-order valence-electron chi connectivity index (χ2n) is 3.07. The van der Waals surface area contributed by atoms with Crippen LogP contribution >= 0.6 is 0 Å². The van der Waals surface area contributed by atoms with Gasteiger partial charge in [-0.05, 0) is 23.6 Å². The Labute approximate surface area is 80.5 Å². The highest BCUT2D eigenvalue weighted by atomic mass is 19.1. The van der Waals surface area contributed by atoms with E-state index in [0.717, 1.165) is 5.39 Å². The molecule has 0 aliphatic rings. The molecule has 0 unspecified atom stereocenters. The molecule has 1 heterocycles. The highest BCUT2D eigenvalue weighted by Crippen LogP contribution is 2.22. The van der Waals surface area contributed by atoms with Crippen molar-refractivity contribution in [3.63, 3.8) is 0 Å². The molecule has 0 amide bonds. The first-order chi connectivity index (χ1) is 6.72. The minimum Gasteiger partial charge on any atom is -0.383 e. The molecule has 2 rings (SSSR count). The standard InChI is InChI=1S/C10H10FN3/c11-9-4-8-6(3-7(9)5-12)1-2-14-10(8)13/h1-4H,5,12H2,(H2,13,14). The lowest BCUT2D eigenvalue weighted by molar-refractivity contribution is 0.613. The zero-order chi connectivity index (χ0) is 10.1. The summed E-state index contributed by atoms with van der Waals surface area (Å²) in [6.45, 7) is 0.185. The highest BCUT2D eigenvalue weighted by molar-refractivity contribution is 5.91. The Hall–Kier alpha value is -1.68. The molecule has 14 heavy (non-hydrogen) atoms. The van der Waals surface area contributed by atoms with Gasteiger partial charge in [-0.3, -0.25) is 0 Å². The minimum atomic E-state index is -0.334. The molecule has 0 saturated carbocycles. The number of pyridine rings is 1. The van der Waals surface area contributed by atoms with Crippen LogP contribution in [0.3, 0.4) is 0 Å². The Balaban J connectivity index is 2.79. The average molecular weight is 191 g/mol. The van der Waals surface area contributed by atoms with Crippen molar-refractivity contribution >= 4 is 16.6 Å². The van der Waals surface area contributed by atoms with Crippen molar-refractivity contribution in [2.45, 2.75) is 6.54 Å². The van der Waals surface area contributed by atoms with Crippen LogP contribution in [0.4, 0.5) is 10.2 Å². The number of nitrogens with two attached hydrogens (primary N) is 2. The first kappa shape index (κ1) is 8.90. The number of nitrogen functional groups attached to an aromatic ring is 1. The van der Waals surface area contributed by atoms with Crippen LogP contribution in [0.15, 0.2) is 24.4 Å². The van der Waals surface area contributed by atoms with Gasteiger partial charge in [0.25, 0.3) is 0 Å². The number of halogens is 1. The molecule has 0 fully saturated rings. The van der Waals surface area contributed by atoms with Crippen LogP contribution in [-0.4, -0.2) is 4.98 Å². The number of aromatic nitrogens is 1. The van der Waals surface area contributed by atoms with Crippen molar-refractivity contribution in [1.82, 2.24) is 4.98 Å². The van der Waals surface area contributed by atoms with Gasteiger partial charge < -0.3 is 11.5 Å². The van der Waals surface area contributed by atoms with Crippen molar-refractivity contribution in [2.75, 3.05) is 5.73 Å². The first-order valence-electron chi connectivity index (χ1n) is 4.25. The Morgan fingerprint density at radius 3 is 2.86 bits per heavy atom. The summed E-state index contributed by atoms with van der Waals surface area (Å²) in [6, 6.07) is 4.85. The van der Waals surface area contributed by atoms with Crippen molar-refractivity contribution in [3.05, 3.63) is 35.8 Å². The number of benzene rings is 1. The summed E-state index contributed by atoms with van der Waals surface area (Å²) in [5, 5.41) is 1.49. The topological polar surface area (TPSA) is 64.9 Å². The summed E-state index contributed by atoms with van der Waals surface area (Å²) >= 11 is 0. The lowest BCUT2D eigenvalue weighted by atomic mass is 10.1. The lowest BCUT2D eigenvalue weighted by Gasteiger charge is -2.04. The van der Waals surface area contributed by atoms with Crippen LogP contribution < -0.4 is 11.5 Å². The van der Waals surface area contributed by atoms with E-state index in [1.165, 1.54) is 6.07 Å². The van der Waals surface area contributed by atoms with E-state index in [0.29, 0.717) is 16.8 Å². The summed E-state index contributed by atoms with van der Waals surface area (Å²) in [5.41, 5.74) is 11.5. The van der Waals surface area contributed by atoms with Gasteiger partial charge in [0.1, 0.15) is 11.6 Å². The fourth-order valence-corrected chi connectivity index (χ4v) is 1.42. The molecule has 0 saturated heterocycles. The average Bonchev–Trinajstić information content (AvgIpc) is 2.19. The third-order valence-electron chi connectivity index (χ3n) is 2.18. The van der Waals surface area contributed by atoms with E-state index in [2.05, 4.69) is 4.98 Å². The second kappa shape index (κ2) is 3.23. The number of hydrogen-bond donors (Lipinski definition) is 2. The molecule has 72 valence electrons. The second-order valence-corrected chi connectivity index (χ2v) is 3.07. The van der Waals surface area contributed by atoms with Gasteiger partial charge in [-0.15, -0.1) is 0 Å². The zero-order valence-corrected chi connectivity index (χ0v) is 7.50. The maximum atomic E-state index is 13.3. The monoisotopic (exact) mass is 191 g/mol. The maximum Gasteiger partial charge on any atom is 0.131 e. The van der Waals surface area contributed by atoms with Crippen LogP contribution in [0.25, 0.3) is 10.8 Å². The van der Waals surface area contributed by atoms with Gasteiger partial charge in [0.15, 0.2) is 0 Å². The van der Waals surface area contributed by atoms with Gasteiger partial charge in [-0.25, -0.2) is 9.37 Å². The third-order valence-corrected chi connectivity index (χ3v) is 2.18. The normalized spacial score (nSPS) is 10.7. The van der Waals surface area contributed by atoms with E-state index in [-0.39, 0.29) is 12.4 Å². The van der Waals surface area contributed by atoms with E-state index in [9.17, 15) is 4.39 Å². The lowest BCUT2D eigenvalue weighted by Crippen LogP contribution is -2.00. The fraction of sp³-hybridized carbons (Fsp3) is 0.100. The molecule has 4 N–H and O–H groups in total. The van der Waals surface area contributed by atoms with Gasteiger partial charge in [-0.2, -0.15) is 0 Å². The number of rotatable bonds is 1. The van der Waals surface area contributed by atoms with Crippen LogP contribution in [0.5, 0.6) is 0 Å². The molecular weight excluding hydrogens is 181 g/mol. The molecule has 0 aliphatic carbocycles. The summed E-state index contributed by atoms with van der Waals surface area (Å²) in [6.07, 6.45) is 1.59. The van der Waals surface area contributed by atoms with E-state index < -0.39 is 0 Å². The van der Waals surface area contributed by atoms with E-state index >= 15 is 0 Å². The quantitative estimate of drug-likeness (QED) is 0.716. The fourth-order valence-electron chi connectivity index (χ4n) is 1.42. The van der Waals surface area contributed by atoms with Crippen molar-refractivity contribution in [3.8, 4) is 0 Å². The number of fused-ring (bicyclic) bond motifs is 1. The largest absolute Gasteiger partial charge is 0.383 e. The van der Waals surface area contributed by atoms with Gasteiger partial charge in [0.05, 0.1) is 0 Å². The van der Waals surface area contributed by atoms with Crippen molar-refractivity contribution in [1.29, 1.82) is 0 Å². The van der Waals surface area contributed by atoms with Crippen LogP contribution in [0.2, 0.25) is 0 Å². The summed E-state index contributed by atoms with van der Waals surface area (Å²) in [5.74, 6) is 0.00433. The van der Waals surface area contributed by atoms with Gasteiger partial charge in [-0.1, -0.05) is 0 Å². The molecule has 0 bridgehead atoms. The zero-order valence-electron chi connectivity index (χ0n) is 7.50. The molecule has 0 atom stereocenters. The van der Waals surface area contributed by atoms with E-state index in [1.807, 2.05) is 0 Å². The smallest absolute Gasteiger partial charge is 0.131 e. The maximum absolute atomic E-state index is 13.3. The van der Waals surface area contributed by atoms with Crippen LogP contribution in [-0.2, 0) is 6.54 Å². The van der Waals surface area contributed by atoms with Gasteiger partial charge in [0, 0.05) is 23.7 Å². The summed E-state index contributed by atoms with van der Waals surface area (Å²) in [4.78, 5) is 3.88. The molecule has 4 heteroatoms. The molecular formula is C10H10FN3. The summed E-state index contributed by atoms with van der Waals surface area (Å²) in [7, 11) is 0. The summed E-state index contributed by atoms with van der Waals surface area (Å²) < 4.78 is 13.3. The van der Waals surface area contributed by atoms with E-state index in [1.54, 1.807) is 18.3 Å². The van der Waals surface area contributed by atoms with Crippen molar-refractivity contribution in [2.24, 2.45) is 5.73 Å². The molecule has 1 aromatic heterocycles. The van der Waals surface area contributed by atoms with Gasteiger partial charge in [0.2, 0.25) is 0 Å². The Bertz CT molecular complexity index is 482. The predicted molar refractivity (Wildman–Crippen MR) is 54.0 cm³/mol. The highest BCUT2D eigenvalue weighted by Gasteiger charge is 2.05. The molecule has 0 aliphatic heterocycles. The molecule has 2 aromatic rings. The Kier molecular flexibility index (Phi) is 2.05. The Morgan fingerprint density at radius 2 is 2.14 bits per heavy atom. The number of hydrogen-bond acceptors (Lipinski definition) is 3. The minimum absolute atomic E-state index is 0.185. The third kappa shape index (κ3) is 1.29. The van der Waals surface area contributed by atoms with Crippen molar-refractivity contribution < 1.29 is 4.39 Å². The number of anilines is 1. The molecule has 1 aromatic carbocycles. The van der Waals surface area contributed by atoms with Crippen LogP contribution in [0.1, 0.15) is 5.56 Å². The van der Waals surface area contributed by atoms with Crippen LogP contribution in [0, 0.1) is 5.82 Å². The SMILES string of the molecule is NCc1cc2ccnc(N)c2cc1F. The molecule has 0 radical (unpaired) electrons. The predicted octanol–water partition coefficient (Wildman–Crippen LogP) is 1.41. The molecule has 3 nitrogen and oxygen atoms in total. The first-order valence-corrected chi connectivity index (χ1v) is 4.25. The Morgan fingerprint density at radius 1 is 1.36 bits per heavy atom.